The van der Waals surface area contributed by atoms with Crippen molar-refractivity contribution in [1.82, 2.24) is 0 Å². The minimum Gasteiger partial charge on any atom is -0.468 e. The Morgan fingerprint density at radius 1 is 1.47 bits per heavy atom. The number of ether oxygens (including phenoxy) is 1. The van der Waals surface area contributed by atoms with Crippen molar-refractivity contribution in [3.8, 4) is 10.4 Å². The van der Waals surface area contributed by atoms with E-state index in [4.69, 9.17) is 5.73 Å². The molecule has 1 unspecified atom stereocenters. The van der Waals surface area contributed by atoms with Crippen LogP contribution in [0.25, 0.3) is 10.4 Å². The van der Waals surface area contributed by atoms with Crippen LogP contribution in [0.5, 0.6) is 0 Å². The molecule has 2 aromatic heterocycles. The smallest absolute Gasteiger partial charge is 0.323 e. The van der Waals surface area contributed by atoms with E-state index in [0.29, 0.717) is 6.42 Å². The van der Waals surface area contributed by atoms with Gasteiger partial charge in [0.2, 0.25) is 0 Å². The van der Waals surface area contributed by atoms with Gasteiger partial charge < -0.3 is 10.5 Å². The van der Waals surface area contributed by atoms with Gasteiger partial charge in [0, 0.05) is 21.7 Å². The Labute approximate surface area is 108 Å². The summed E-state index contributed by atoms with van der Waals surface area (Å²) in [5, 5.41) is 4.16. The molecule has 1 atom stereocenters. The van der Waals surface area contributed by atoms with Crippen molar-refractivity contribution in [1.29, 1.82) is 0 Å². The van der Waals surface area contributed by atoms with Gasteiger partial charge in [-0.25, -0.2) is 0 Å². The first-order valence-electron chi connectivity index (χ1n) is 5.15. The van der Waals surface area contributed by atoms with Crippen LogP contribution in [0.15, 0.2) is 29.0 Å². The molecule has 0 aromatic carbocycles. The zero-order valence-corrected chi connectivity index (χ0v) is 11.0. The zero-order chi connectivity index (χ0) is 12.3. The first-order chi connectivity index (χ1) is 8.20. The van der Waals surface area contributed by atoms with Crippen LogP contribution in [-0.4, -0.2) is 19.1 Å². The van der Waals surface area contributed by atoms with E-state index in [-0.39, 0.29) is 5.97 Å². The van der Waals surface area contributed by atoms with Crippen LogP contribution in [0, 0.1) is 0 Å². The van der Waals surface area contributed by atoms with E-state index in [1.807, 2.05) is 6.07 Å². The fourth-order valence-corrected chi connectivity index (χ4v) is 3.29. The second-order valence-corrected chi connectivity index (χ2v) is 5.56. The van der Waals surface area contributed by atoms with Crippen LogP contribution in [0.2, 0.25) is 0 Å². The summed E-state index contributed by atoms with van der Waals surface area (Å²) in [6.45, 7) is 0. The molecule has 0 saturated heterocycles. The number of carbonyl (C=O) groups excluding carboxylic acids is 1. The van der Waals surface area contributed by atoms with Gasteiger partial charge in [-0.2, -0.15) is 11.3 Å². The van der Waals surface area contributed by atoms with Gasteiger partial charge in [-0.15, -0.1) is 11.3 Å². The van der Waals surface area contributed by atoms with Gasteiger partial charge in [0.15, 0.2) is 0 Å². The molecule has 2 aromatic rings. The monoisotopic (exact) mass is 267 g/mol. The van der Waals surface area contributed by atoms with E-state index in [1.165, 1.54) is 17.6 Å². The number of thiophene rings is 2. The van der Waals surface area contributed by atoms with Crippen molar-refractivity contribution in [2.75, 3.05) is 7.11 Å². The third-order valence-electron chi connectivity index (χ3n) is 2.39. The summed E-state index contributed by atoms with van der Waals surface area (Å²) in [5.41, 5.74) is 6.94. The molecule has 2 heterocycles. The first-order valence-corrected chi connectivity index (χ1v) is 6.91. The maximum Gasteiger partial charge on any atom is 0.323 e. The first kappa shape index (κ1) is 12.3. The largest absolute Gasteiger partial charge is 0.468 e. The average Bonchev–Trinajstić information content (AvgIpc) is 2.97. The molecule has 0 aliphatic rings. The fraction of sp³-hybridized carbons (Fsp3) is 0.250. The van der Waals surface area contributed by atoms with Crippen molar-refractivity contribution in [3.05, 3.63) is 33.8 Å². The lowest BCUT2D eigenvalue weighted by Gasteiger charge is -2.06. The van der Waals surface area contributed by atoms with Crippen molar-refractivity contribution in [2.45, 2.75) is 12.5 Å². The van der Waals surface area contributed by atoms with E-state index in [1.54, 1.807) is 22.7 Å². The summed E-state index contributed by atoms with van der Waals surface area (Å²) >= 11 is 3.34. The minimum atomic E-state index is -0.575. The van der Waals surface area contributed by atoms with Gasteiger partial charge in [-0.3, -0.25) is 4.79 Å². The van der Waals surface area contributed by atoms with Crippen molar-refractivity contribution in [2.24, 2.45) is 5.73 Å². The van der Waals surface area contributed by atoms with Gasteiger partial charge in [-0.1, -0.05) is 0 Å². The molecule has 0 bridgehead atoms. The van der Waals surface area contributed by atoms with E-state index in [9.17, 15) is 4.79 Å². The molecule has 5 heteroatoms. The van der Waals surface area contributed by atoms with Gasteiger partial charge in [0.05, 0.1) is 7.11 Å². The lowest BCUT2D eigenvalue weighted by molar-refractivity contribution is -0.142. The second kappa shape index (κ2) is 5.44. The lowest BCUT2D eigenvalue weighted by Crippen LogP contribution is -2.33. The van der Waals surface area contributed by atoms with E-state index >= 15 is 0 Å². The molecular formula is C12H13NO2S2. The summed E-state index contributed by atoms with van der Waals surface area (Å²) < 4.78 is 4.61. The molecule has 2 rings (SSSR count). The molecule has 2 N–H and O–H groups in total. The van der Waals surface area contributed by atoms with Crippen molar-refractivity contribution >= 4 is 28.6 Å². The van der Waals surface area contributed by atoms with Gasteiger partial charge in [0.1, 0.15) is 6.04 Å². The highest BCUT2D eigenvalue weighted by Gasteiger charge is 2.15. The predicted molar refractivity (Wildman–Crippen MR) is 71.3 cm³/mol. The number of methoxy groups -OCH3 is 1. The van der Waals surface area contributed by atoms with Crippen LogP contribution in [-0.2, 0) is 16.0 Å². The normalized spacial score (nSPS) is 12.4. The molecule has 0 radical (unpaired) electrons. The molecule has 0 saturated carbocycles. The number of hydrogen-bond acceptors (Lipinski definition) is 5. The van der Waals surface area contributed by atoms with Gasteiger partial charge in [-0.05, 0) is 29.0 Å². The number of carbonyl (C=O) groups is 1. The molecule has 0 fully saturated rings. The summed E-state index contributed by atoms with van der Waals surface area (Å²) in [5.74, 6) is -0.365. The second-order valence-electron chi connectivity index (χ2n) is 3.61. The van der Waals surface area contributed by atoms with Crippen LogP contribution in [0.1, 0.15) is 4.88 Å². The van der Waals surface area contributed by atoms with Gasteiger partial charge in [0.25, 0.3) is 0 Å². The third-order valence-corrected chi connectivity index (χ3v) is 4.23. The van der Waals surface area contributed by atoms with Gasteiger partial charge >= 0.3 is 5.97 Å². The highest BCUT2D eigenvalue weighted by Crippen LogP contribution is 2.30. The number of rotatable bonds is 4. The average molecular weight is 267 g/mol. The minimum absolute atomic E-state index is 0.365. The number of hydrogen-bond donors (Lipinski definition) is 1. The standard InChI is InChI=1S/C12H13NO2S2/c1-15-12(14)10(13)6-9-2-3-11(17-9)8-4-5-16-7-8/h2-5,7,10H,6,13H2,1H3. The summed E-state index contributed by atoms with van der Waals surface area (Å²) in [6, 6.07) is 5.58. The Balaban J connectivity index is 2.06. The Hall–Kier alpha value is -1.17. The highest BCUT2D eigenvalue weighted by molar-refractivity contribution is 7.16. The molecule has 3 nitrogen and oxygen atoms in total. The molecule has 17 heavy (non-hydrogen) atoms. The maximum absolute atomic E-state index is 11.2. The van der Waals surface area contributed by atoms with Crippen molar-refractivity contribution in [3.63, 3.8) is 0 Å². The van der Waals surface area contributed by atoms with Crippen LogP contribution < -0.4 is 5.73 Å². The SMILES string of the molecule is COC(=O)C(N)Cc1ccc(-c2ccsc2)s1. The molecule has 0 spiro atoms. The molecule has 0 aliphatic heterocycles. The summed E-state index contributed by atoms with van der Waals surface area (Å²) in [6.07, 6.45) is 0.529. The lowest BCUT2D eigenvalue weighted by atomic mass is 10.2. The molecule has 0 aliphatic carbocycles. The highest BCUT2D eigenvalue weighted by atomic mass is 32.1. The van der Waals surface area contributed by atoms with E-state index in [2.05, 4.69) is 27.6 Å². The van der Waals surface area contributed by atoms with E-state index in [0.717, 1.165) is 4.88 Å². The van der Waals surface area contributed by atoms with Crippen molar-refractivity contribution < 1.29 is 9.53 Å². The van der Waals surface area contributed by atoms with E-state index < -0.39 is 6.04 Å². The topological polar surface area (TPSA) is 52.3 Å². The Morgan fingerprint density at radius 2 is 2.29 bits per heavy atom. The number of esters is 1. The van der Waals surface area contributed by atoms with Crippen LogP contribution in [0.4, 0.5) is 0 Å². The summed E-state index contributed by atoms with van der Waals surface area (Å²) in [4.78, 5) is 13.5. The Bertz CT molecular complexity index is 490. The molecular weight excluding hydrogens is 254 g/mol. The predicted octanol–water partition coefficient (Wildman–Crippen LogP) is 2.52. The quantitative estimate of drug-likeness (QED) is 0.866. The summed E-state index contributed by atoms with van der Waals surface area (Å²) in [7, 11) is 1.35. The molecule has 90 valence electrons. The van der Waals surface area contributed by atoms with Crippen LogP contribution >= 0.6 is 22.7 Å². The Morgan fingerprint density at radius 3 is 2.94 bits per heavy atom. The third kappa shape index (κ3) is 2.94. The fourth-order valence-electron chi connectivity index (χ4n) is 1.50. The Kier molecular flexibility index (Phi) is 3.93. The van der Waals surface area contributed by atoms with Crippen LogP contribution in [0.3, 0.4) is 0 Å². The zero-order valence-electron chi connectivity index (χ0n) is 9.38. The maximum atomic E-state index is 11.2. The molecule has 0 amide bonds. The number of nitrogens with two attached hydrogens (primary N) is 1.